The lowest BCUT2D eigenvalue weighted by atomic mass is 10.0. The van der Waals surface area contributed by atoms with E-state index in [2.05, 4.69) is 156 Å². The Kier molecular flexibility index (Phi) is 4.99. The van der Waals surface area contributed by atoms with Gasteiger partial charge in [-0.15, -0.1) is 0 Å². The van der Waals surface area contributed by atoms with Crippen LogP contribution >= 0.6 is 0 Å². The lowest BCUT2D eigenvalue weighted by Gasteiger charge is -2.16. The zero-order valence-corrected chi connectivity index (χ0v) is 22.6. The molecule has 6 aromatic carbocycles. The first kappa shape index (κ1) is 22.9. The molecule has 0 saturated carbocycles. The van der Waals surface area contributed by atoms with Gasteiger partial charge in [-0.05, 0) is 79.6 Å². The smallest absolute Gasteiger partial charge is 0.0541 e. The second kappa shape index (κ2) is 8.72. The van der Waals surface area contributed by atoms with Crippen LogP contribution in [0.3, 0.4) is 0 Å². The highest BCUT2D eigenvalue weighted by molar-refractivity contribution is 6.11. The molecule has 8 rings (SSSR count). The zero-order chi connectivity index (χ0) is 26.8. The minimum Gasteiger partial charge on any atom is -0.309 e. The van der Waals surface area contributed by atoms with Crippen LogP contribution in [0.25, 0.3) is 66.1 Å². The van der Waals surface area contributed by atoms with Crippen LogP contribution in [0.4, 0.5) is 0 Å². The van der Waals surface area contributed by atoms with Crippen molar-refractivity contribution in [2.75, 3.05) is 0 Å². The van der Waals surface area contributed by atoms with Gasteiger partial charge in [0.2, 0.25) is 0 Å². The second-order valence-electron chi connectivity index (χ2n) is 10.9. The molecule has 0 unspecified atom stereocenters. The van der Waals surface area contributed by atoms with Crippen molar-refractivity contribution >= 4 is 43.6 Å². The number of aryl methyl sites for hydroxylation is 2. The summed E-state index contributed by atoms with van der Waals surface area (Å²) in [6, 6.07) is 48.9. The summed E-state index contributed by atoms with van der Waals surface area (Å²) in [7, 11) is 0. The molecule has 0 amide bonds. The van der Waals surface area contributed by atoms with Gasteiger partial charge in [-0.1, -0.05) is 90.0 Å². The van der Waals surface area contributed by atoms with Crippen LogP contribution in [-0.4, -0.2) is 9.13 Å². The fourth-order valence-electron chi connectivity index (χ4n) is 6.38. The van der Waals surface area contributed by atoms with Gasteiger partial charge >= 0.3 is 0 Å². The molecule has 0 fully saturated rings. The third-order valence-electron chi connectivity index (χ3n) is 8.18. The maximum absolute atomic E-state index is 2.43. The van der Waals surface area contributed by atoms with E-state index in [4.69, 9.17) is 0 Å². The normalized spacial score (nSPS) is 11.8. The fourth-order valence-corrected chi connectivity index (χ4v) is 6.38. The van der Waals surface area contributed by atoms with Gasteiger partial charge in [0, 0.05) is 32.9 Å². The lowest BCUT2D eigenvalue weighted by Crippen LogP contribution is -2.00. The summed E-state index contributed by atoms with van der Waals surface area (Å²) in [5, 5.41) is 5.13. The van der Waals surface area contributed by atoms with Crippen LogP contribution in [0.2, 0.25) is 0 Å². The molecule has 0 aliphatic heterocycles. The van der Waals surface area contributed by atoms with E-state index >= 15 is 0 Å². The predicted molar refractivity (Wildman–Crippen MR) is 170 cm³/mol. The summed E-state index contributed by atoms with van der Waals surface area (Å²) < 4.78 is 4.86. The van der Waals surface area contributed by atoms with Crippen LogP contribution in [0.5, 0.6) is 0 Å². The monoisotopic (exact) mass is 512 g/mol. The molecule has 0 radical (unpaired) electrons. The molecule has 2 aromatic heterocycles. The highest BCUT2D eigenvalue weighted by atomic mass is 15.0. The molecule has 2 heterocycles. The standard InChI is InChI=1S/C38H28N2/c1-25-16-18-37-33(20-25)31-12-6-8-14-35(31)39(37)29-22-28(27-10-4-3-5-11-27)23-30(24-29)40-36-15-9-7-13-32(36)34-21-26(2)17-19-38(34)40/h3-24H,1-2H3. The van der Waals surface area contributed by atoms with Crippen molar-refractivity contribution in [3.05, 3.63) is 145 Å². The molecule has 0 saturated heterocycles. The number of rotatable bonds is 3. The topological polar surface area (TPSA) is 9.86 Å². The van der Waals surface area contributed by atoms with E-state index in [0.29, 0.717) is 0 Å². The second-order valence-corrected chi connectivity index (χ2v) is 10.9. The third-order valence-corrected chi connectivity index (χ3v) is 8.18. The van der Waals surface area contributed by atoms with E-state index in [1.54, 1.807) is 0 Å². The Bertz CT molecular complexity index is 2090. The van der Waals surface area contributed by atoms with Gasteiger partial charge in [-0.2, -0.15) is 0 Å². The Balaban J connectivity index is 1.51. The number of hydrogen-bond acceptors (Lipinski definition) is 0. The Hall–Kier alpha value is -5.08. The molecule has 0 atom stereocenters. The summed E-state index contributed by atoms with van der Waals surface area (Å²) >= 11 is 0. The van der Waals surface area contributed by atoms with Crippen molar-refractivity contribution in [1.82, 2.24) is 9.13 Å². The average Bonchev–Trinajstić information content (AvgIpc) is 3.50. The van der Waals surface area contributed by atoms with Crippen LogP contribution < -0.4 is 0 Å². The maximum Gasteiger partial charge on any atom is 0.0541 e. The average molecular weight is 513 g/mol. The first-order chi connectivity index (χ1) is 19.7. The van der Waals surface area contributed by atoms with E-state index < -0.39 is 0 Å². The van der Waals surface area contributed by atoms with Crippen LogP contribution in [0, 0.1) is 13.8 Å². The minimum atomic E-state index is 1.16. The van der Waals surface area contributed by atoms with Gasteiger partial charge in [-0.3, -0.25) is 0 Å². The highest BCUT2D eigenvalue weighted by Crippen LogP contribution is 2.38. The number of fused-ring (bicyclic) bond motifs is 6. The minimum absolute atomic E-state index is 1.16. The number of para-hydroxylation sites is 2. The third kappa shape index (κ3) is 3.43. The first-order valence-corrected chi connectivity index (χ1v) is 13.9. The number of hydrogen-bond donors (Lipinski definition) is 0. The molecule has 2 heteroatoms. The molecule has 190 valence electrons. The Labute approximate surface area is 233 Å². The summed E-state index contributed by atoms with van der Waals surface area (Å²) in [5.74, 6) is 0. The predicted octanol–water partition coefficient (Wildman–Crippen LogP) is 10.2. The van der Waals surface area contributed by atoms with Gasteiger partial charge in [0.05, 0.1) is 22.1 Å². The molecule has 0 spiro atoms. The largest absolute Gasteiger partial charge is 0.309 e. The molecule has 8 aromatic rings. The fraction of sp³-hybridized carbons (Fsp3) is 0.0526. The molecular weight excluding hydrogens is 484 g/mol. The molecule has 0 aliphatic carbocycles. The van der Waals surface area contributed by atoms with Crippen molar-refractivity contribution in [2.24, 2.45) is 0 Å². The van der Waals surface area contributed by atoms with E-state index in [-0.39, 0.29) is 0 Å². The quantitative estimate of drug-likeness (QED) is 0.223. The van der Waals surface area contributed by atoms with Crippen molar-refractivity contribution in [3.63, 3.8) is 0 Å². The Morgan fingerprint density at radius 1 is 0.350 bits per heavy atom. The maximum atomic E-state index is 2.43. The van der Waals surface area contributed by atoms with Gasteiger partial charge in [0.15, 0.2) is 0 Å². The number of nitrogens with zero attached hydrogens (tertiary/aromatic N) is 2. The molecule has 2 nitrogen and oxygen atoms in total. The summed E-state index contributed by atoms with van der Waals surface area (Å²) in [6.07, 6.45) is 0. The van der Waals surface area contributed by atoms with Crippen molar-refractivity contribution in [2.45, 2.75) is 13.8 Å². The Morgan fingerprint density at radius 3 is 1.32 bits per heavy atom. The van der Waals surface area contributed by atoms with Crippen LogP contribution in [-0.2, 0) is 0 Å². The number of aromatic nitrogens is 2. The van der Waals surface area contributed by atoms with E-state index in [1.807, 2.05) is 0 Å². The molecule has 0 aliphatic rings. The van der Waals surface area contributed by atoms with Gasteiger partial charge in [0.25, 0.3) is 0 Å². The van der Waals surface area contributed by atoms with Gasteiger partial charge < -0.3 is 9.13 Å². The van der Waals surface area contributed by atoms with Crippen molar-refractivity contribution < 1.29 is 0 Å². The van der Waals surface area contributed by atoms with E-state index in [0.717, 1.165) is 11.4 Å². The zero-order valence-electron chi connectivity index (χ0n) is 22.6. The summed E-state index contributed by atoms with van der Waals surface area (Å²) in [6.45, 7) is 4.34. The van der Waals surface area contributed by atoms with Crippen LogP contribution in [0.1, 0.15) is 11.1 Å². The first-order valence-electron chi connectivity index (χ1n) is 13.9. The van der Waals surface area contributed by atoms with E-state index in [1.165, 1.54) is 65.9 Å². The summed E-state index contributed by atoms with van der Waals surface area (Å²) in [5.41, 5.74) is 12.2. The van der Waals surface area contributed by atoms with E-state index in [9.17, 15) is 0 Å². The highest BCUT2D eigenvalue weighted by Gasteiger charge is 2.17. The summed E-state index contributed by atoms with van der Waals surface area (Å²) in [4.78, 5) is 0. The van der Waals surface area contributed by atoms with Crippen molar-refractivity contribution in [3.8, 4) is 22.5 Å². The molecule has 0 N–H and O–H groups in total. The lowest BCUT2D eigenvalue weighted by molar-refractivity contribution is 1.13. The molecule has 40 heavy (non-hydrogen) atoms. The van der Waals surface area contributed by atoms with Crippen molar-refractivity contribution in [1.29, 1.82) is 0 Å². The van der Waals surface area contributed by atoms with Gasteiger partial charge in [-0.25, -0.2) is 0 Å². The Morgan fingerprint density at radius 2 is 0.800 bits per heavy atom. The van der Waals surface area contributed by atoms with Crippen LogP contribution in [0.15, 0.2) is 133 Å². The molecular formula is C38H28N2. The molecule has 0 bridgehead atoms. The SMILES string of the molecule is Cc1ccc2c(c1)c1ccccc1n2-c1cc(-c2ccccc2)cc(-n2c3ccccc3c3cc(C)ccc32)c1. The van der Waals surface area contributed by atoms with Gasteiger partial charge in [0.1, 0.15) is 0 Å². The number of benzene rings is 6.